The number of carboxylic acid groups (broad SMARTS) is 2. The van der Waals surface area contributed by atoms with Crippen LogP contribution in [0.1, 0.15) is 20.8 Å². The van der Waals surface area contributed by atoms with Crippen molar-refractivity contribution in [2.75, 3.05) is 0 Å². The third-order valence-electron chi connectivity index (χ3n) is 4.57. The minimum Gasteiger partial charge on any atom is -0.481 e. The zero-order valence-electron chi connectivity index (χ0n) is 14.1. The van der Waals surface area contributed by atoms with Crippen LogP contribution in [0, 0.1) is 0 Å². The second-order valence-electron chi connectivity index (χ2n) is 6.90. The number of benzene rings is 2. The Morgan fingerprint density at radius 3 is 1.38 bits per heavy atom. The molecule has 0 saturated heterocycles. The van der Waals surface area contributed by atoms with Crippen molar-refractivity contribution in [1.29, 1.82) is 0 Å². The monoisotopic (exact) mass is 342 g/mol. The summed E-state index contributed by atoms with van der Waals surface area (Å²) in [6.07, 6.45) is 0. The van der Waals surface area contributed by atoms with Gasteiger partial charge in [0.1, 0.15) is 0 Å². The number of hydrogen-bond acceptors (Lipinski definition) is 2. The van der Waals surface area contributed by atoms with Crippen LogP contribution in [0.3, 0.4) is 0 Å². The van der Waals surface area contributed by atoms with Crippen molar-refractivity contribution in [2.24, 2.45) is 0 Å². The molecule has 0 aliphatic rings. The van der Waals surface area contributed by atoms with E-state index in [1.807, 2.05) is 81.4 Å². The summed E-state index contributed by atoms with van der Waals surface area (Å²) in [4.78, 5) is 24.1. The van der Waals surface area contributed by atoms with E-state index in [-0.39, 0.29) is 0 Å². The Morgan fingerprint density at radius 1 is 0.792 bits per heavy atom. The van der Waals surface area contributed by atoms with E-state index in [4.69, 9.17) is 0 Å². The normalized spacial score (nSPS) is 12.2. The third-order valence-corrected chi connectivity index (χ3v) is 10.8. The Morgan fingerprint density at radius 2 is 1.12 bits per heavy atom. The highest BCUT2D eigenvalue weighted by Gasteiger charge is 2.59. The van der Waals surface area contributed by atoms with E-state index in [1.54, 1.807) is 0 Å². The number of hydrogen-bond donors (Lipinski definition) is 2. The van der Waals surface area contributed by atoms with Crippen LogP contribution in [0.25, 0.3) is 0 Å². The summed E-state index contributed by atoms with van der Waals surface area (Å²) >= 11 is 0. The maximum absolute atomic E-state index is 12.0. The molecule has 0 aliphatic heterocycles. The van der Waals surface area contributed by atoms with Crippen molar-refractivity contribution in [2.45, 2.75) is 31.4 Å². The lowest BCUT2D eigenvalue weighted by molar-refractivity contribution is -0.147. The van der Waals surface area contributed by atoms with Gasteiger partial charge < -0.3 is 10.2 Å². The van der Waals surface area contributed by atoms with Crippen molar-refractivity contribution in [1.82, 2.24) is 0 Å². The maximum atomic E-state index is 12.0. The Labute approximate surface area is 142 Å². The van der Waals surface area contributed by atoms with Gasteiger partial charge in [0.05, 0.1) is 0 Å². The minimum atomic E-state index is -3.20. The predicted molar refractivity (Wildman–Crippen MR) is 96.6 cm³/mol. The molecule has 0 unspecified atom stereocenters. The molecule has 0 atom stereocenters. The summed E-state index contributed by atoms with van der Waals surface area (Å²) in [6.45, 7) is 5.83. The quantitative estimate of drug-likeness (QED) is 0.647. The van der Waals surface area contributed by atoms with Crippen molar-refractivity contribution in [3.05, 3.63) is 60.7 Å². The van der Waals surface area contributed by atoms with Gasteiger partial charge in [-0.3, -0.25) is 9.59 Å². The summed E-state index contributed by atoms with van der Waals surface area (Å²) in [5.41, 5.74) is -1.47. The highest BCUT2D eigenvalue weighted by molar-refractivity contribution is 7.08. The lowest BCUT2D eigenvalue weighted by atomic mass is 10.2. The molecule has 0 bridgehead atoms. The van der Waals surface area contributed by atoms with Crippen LogP contribution in [-0.2, 0) is 9.59 Å². The van der Waals surface area contributed by atoms with Gasteiger partial charge in [-0.25, -0.2) is 0 Å². The summed E-state index contributed by atoms with van der Waals surface area (Å²) in [7, 11) is -3.20. The number of aliphatic carboxylic acids is 2. The minimum absolute atomic E-state index is 0.517. The zero-order valence-corrected chi connectivity index (χ0v) is 15.1. The predicted octanol–water partition coefficient (Wildman–Crippen LogP) is 2.59. The van der Waals surface area contributed by atoms with Crippen LogP contribution in [0.2, 0.25) is 10.6 Å². The number of carboxylic acids is 2. The van der Waals surface area contributed by atoms with E-state index in [1.165, 1.54) is 0 Å². The van der Waals surface area contributed by atoms with Gasteiger partial charge in [0, 0.05) is 0 Å². The molecule has 24 heavy (non-hydrogen) atoms. The molecule has 0 saturated carbocycles. The van der Waals surface area contributed by atoms with Crippen molar-refractivity contribution >= 4 is 30.4 Å². The van der Waals surface area contributed by atoms with Gasteiger partial charge in [-0.1, -0.05) is 91.8 Å². The Kier molecular flexibility index (Phi) is 4.94. The van der Waals surface area contributed by atoms with Gasteiger partial charge in [-0.15, -0.1) is 0 Å². The molecule has 2 N–H and O–H groups in total. The Bertz CT molecular complexity index is 667. The van der Waals surface area contributed by atoms with Gasteiger partial charge in [-0.2, -0.15) is 0 Å². The molecular formula is C19H22O4Si. The maximum Gasteiger partial charge on any atom is 0.315 e. The van der Waals surface area contributed by atoms with E-state index in [2.05, 4.69) is 0 Å². The second-order valence-corrected chi connectivity index (χ2v) is 11.7. The van der Waals surface area contributed by atoms with E-state index in [9.17, 15) is 19.8 Å². The molecule has 126 valence electrons. The molecule has 0 aliphatic carbocycles. The highest BCUT2D eigenvalue weighted by atomic mass is 28.3. The van der Waals surface area contributed by atoms with Gasteiger partial charge >= 0.3 is 11.9 Å². The molecule has 0 amide bonds. The first-order chi connectivity index (χ1) is 11.2. The first-order valence-corrected chi connectivity index (χ1v) is 9.87. The molecule has 2 rings (SSSR count). The van der Waals surface area contributed by atoms with E-state index >= 15 is 0 Å². The summed E-state index contributed by atoms with van der Waals surface area (Å²) in [5, 5.41) is 20.8. The number of rotatable bonds is 5. The topological polar surface area (TPSA) is 74.6 Å². The fourth-order valence-corrected chi connectivity index (χ4v) is 9.45. The summed E-state index contributed by atoms with van der Waals surface area (Å²) in [6, 6.07) is 18.5. The SMILES string of the molecule is CC(C)(C)[Si](c1ccccc1)(c1ccccc1)C(C(=O)O)C(=O)O. The number of carbonyl (C=O) groups is 2. The van der Waals surface area contributed by atoms with Gasteiger partial charge in [0.15, 0.2) is 13.6 Å². The van der Waals surface area contributed by atoms with Crippen LogP contribution in [0.4, 0.5) is 0 Å². The molecule has 0 aromatic heterocycles. The largest absolute Gasteiger partial charge is 0.481 e. The molecular weight excluding hydrogens is 320 g/mol. The molecule has 2 aromatic carbocycles. The van der Waals surface area contributed by atoms with Gasteiger partial charge in [-0.05, 0) is 5.04 Å². The van der Waals surface area contributed by atoms with Crippen LogP contribution in [-0.4, -0.2) is 30.2 Å². The Hall–Kier alpha value is -2.40. The molecule has 0 heterocycles. The van der Waals surface area contributed by atoms with E-state index in [0.717, 1.165) is 10.4 Å². The molecule has 5 heteroatoms. The second kappa shape index (κ2) is 6.61. The molecule has 0 radical (unpaired) electrons. The van der Waals surface area contributed by atoms with Crippen LogP contribution < -0.4 is 10.4 Å². The van der Waals surface area contributed by atoms with Crippen molar-refractivity contribution in [3.8, 4) is 0 Å². The van der Waals surface area contributed by atoms with Crippen molar-refractivity contribution < 1.29 is 19.8 Å². The highest BCUT2D eigenvalue weighted by Crippen LogP contribution is 2.43. The van der Waals surface area contributed by atoms with Gasteiger partial charge in [0.2, 0.25) is 0 Å². The standard InChI is InChI=1S/C19H22O4Si/c1-19(2,3)24(14-10-6-4-7-11-14,15-12-8-5-9-13-15)16(17(20)21)18(22)23/h4-13,16H,1-3H3,(H,20,21)(H,22,23). The van der Waals surface area contributed by atoms with Crippen molar-refractivity contribution in [3.63, 3.8) is 0 Å². The van der Waals surface area contributed by atoms with Crippen LogP contribution in [0.15, 0.2) is 60.7 Å². The van der Waals surface area contributed by atoms with E-state index < -0.39 is 30.6 Å². The Balaban J connectivity index is 2.95. The zero-order chi connectivity index (χ0) is 18.0. The smallest absolute Gasteiger partial charge is 0.315 e. The fourth-order valence-electron chi connectivity index (χ4n) is 3.68. The summed E-state index contributed by atoms with van der Waals surface area (Å²) in [5.74, 6) is -2.56. The van der Waals surface area contributed by atoms with Crippen LogP contribution >= 0.6 is 0 Å². The fraction of sp³-hybridized carbons (Fsp3) is 0.263. The lowest BCUT2D eigenvalue weighted by Crippen LogP contribution is -2.70. The lowest BCUT2D eigenvalue weighted by Gasteiger charge is -2.46. The van der Waals surface area contributed by atoms with E-state index in [0.29, 0.717) is 0 Å². The molecule has 2 aromatic rings. The van der Waals surface area contributed by atoms with Gasteiger partial charge in [0.25, 0.3) is 0 Å². The first-order valence-electron chi connectivity index (χ1n) is 7.79. The average molecular weight is 342 g/mol. The molecule has 4 nitrogen and oxygen atoms in total. The van der Waals surface area contributed by atoms with Crippen LogP contribution in [0.5, 0.6) is 0 Å². The summed E-state index contributed by atoms with van der Waals surface area (Å²) < 4.78 is 0. The average Bonchev–Trinajstić information content (AvgIpc) is 2.52. The first kappa shape index (κ1) is 17.9. The molecule has 0 fully saturated rings. The molecule has 0 spiro atoms. The third kappa shape index (κ3) is 2.87.